The molecule has 1 aliphatic heterocycles. The number of amides is 2. The summed E-state index contributed by atoms with van der Waals surface area (Å²) >= 11 is 0. The number of aromatic nitrogens is 2. The fraction of sp³-hybridized carbons (Fsp3) is 0.500. The lowest BCUT2D eigenvalue weighted by molar-refractivity contribution is -0.142. The molecule has 0 aliphatic carbocycles. The summed E-state index contributed by atoms with van der Waals surface area (Å²) in [6.07, 6.45) is 5.95. The van der Waals surface area contributed by atoms with Crippen LogP contribution in [0.2, 0.25) is 0 Å². The Bertz CT molecular complexity index is 783. The fourth-order valence-electron chi connectivity index (χ4n) is 3.53. The molecule has 2 aromatic rings. The van der Waals surface area contributed by atoms with Gasteiger partial charge in [-0.2, -0.15) is 5.10 Å². The summed E-state index contributed by atoms with van der Waals surface area (Å²) in [6, 6.07) is 10.1. The van der Waals surface area contributed by atoms with Crippen molar-refractivity contribution in [2.24, 2.45) is 11.3 Å². The number of carbonyl (C=O) groups excluding carboxylic acids is 2. The first-order valence-electron chi connectivity index (χ1n) is 10.0. The predicted octanol–water partition coefficient (Wildman–Crippen LogP) is 2.82. The lowest BCUT2D eigenvalue weighted by Crippen LogP contribution is -2.46. The minimum absolute atomic E-state index is 0.00575. The molecule has 0 saturated carbocycles. The molecule has 150 valence electrons. The second kappa shape index (κ2) is 8.59. The van der Waals surface area contributed by atoms with Gasteiger partial charge in [-0.15, -0.1) is 0 Å². The number of likely N-dealkylation sites (tertiary alicyclic amines) is 1. The van der Waals surface area contributed by atoms with E-state index in [2.05, 4.69) is 22.5 Å². The molecule has 0 radical (unpaired) electrons. The summed E-state index contributed by atoms with van der Waals surface area (Å²) < 4.78 is 1.82. The molecule has 0 spiro atoms. The average Bonchev–Trinajstić information content (AvgIpc) is 3.22. The van der Waals surface area contributed by atoms with Crippen LogP contribution in [-0.4, -0.2) is 46.1 Å². The molecule has 1 aliphatic rings. The third-order valence-corrected chi connectivity index (χ3v) is 5.21. The Morgan fingerprint density at radius 2 is 1.82 bits per heavy atom. The molecular formula is C22H30N4O2. The Kier molecular flexibility index (Phi) is 6.17. The van der Waals surface area contributed by atoms with Crippen LogP contribution < -0.4 is 5.32 Å². The largest absolute Gasteiger partial charge is 0.356 e. The molecule has 1 aromatic carbocycles. The van der Waals surface area contributed by atoms with E-state index in [9.17, 15) is 9.59 Å². The molecule has 1 aromatic heterocycles. The van der Waals surface area contributed by atoms with E-state index in [4.69, 9.17) is 0 Å². The quantitative estimate of drug-likeness (QED) is 0.865. The highest BCUT2D eigenvalue weighted by molar-refractivity contribution is 5.82. The zero-order chi connectivity index (χ0) is 20.1. The lowest BCUT2D eigenvalue weighted by Gasteiger charge is -2.35. The Morgan fingerprint density at radius 1 is 1.14 bits per heavy atom. The maximum Gasteiger partial charge on any atom is 0.227 e. The average molecular weight is 383 g/mol. The van der Waals surface area contributed by atoms with E-state index in [1.54, 1.807) is 6.20 Å². The highest BCUT2D eigenvalue weighted by Gasteiger charge is 2.32. The van der Waals surface area contributed by atoms with Gasteiger partial charge in [-0.3, -0.25) is 9.59 Å². The molecule has 0 bridgehead atoms. The first-order valence-corrected chi connectivity index (χ1v) is 10.0. The molecule has 28 heavy (non-hydrogen) atoms. The van der Waals surface area contributed by atoms with Gasteiger partial charge in [0.25, 0.3) is 0 Å². The SMILES string of the molecule is CC(C)(C)C(=O)N1CCC(C(=O)NCCc2ccc(-n3cccn3)cc2)CC1. The van der Waals surface area contributed by atoms with Crippen molar-refractivity contribution in [3.8, 4) is 5.69 Å². The van der Waals surface area contributed by atoms with Gasteiger partial charge in [-0.25, -0.2) is 4.68 Å². The summed E-state index contributed by atoms with van der Waals surface area (Å²) in [6.45, 7) is 7.79. The Hall–Kier alpha value is -2.63. The van der Waals surface area contributed by atoms with E-state index in [0.717, 1.165) is 24.9 Å². The standard InChI is InChI=1S/C22H30N4O2/c1-22(2,3)21(28)25-15-10-18(11-16-25)20(27)23-13-9-17-5-7-19(8-6-17)26-14-4-12-24-26/h4-8,12,14,18H,9-11,13,15-16H2,1-3H3,(H,23,27). The van der Waals surface area contributed by atoms with E-state index in [1.807, 2.05) is 54.7 Å². The molecule has 1 fully saturated rings. The predicted molar refractivity (Wildman–Crippen MR) is 109 cm³/mol. The number of hydrogen-bond donors (Lipinski definition) is 1. The van der Waals surface area contributed by atoms with E-state index >= 15 is 0 Å². The van der Waals surface area contributed by atoms with Crippen molar-refractivity contribution in [1.29, 1.82) is 0 Å². The number of nitrogens with one attached hydrogen (secondary N) is 1. The van der Waals surface area contributed by atoms with Crippen molar-refractivity contribution in [2.75, 3.05) is 19.6 Å². The summed E-state index contributed by atoms with van der Waals surface area (Å²) in [5.41, 5.74) is 1.85. The molecule has 3 rings (SSSR count). The molecule has 1 N–H and O–H groups in total. The van der Waals surface area contributed by atoms with Crippen LogP contribution in [0.25, 0.3) is 5.69 Å². The molecule has 0 unspecified atom stereocenters. The molecule has 1 saturated heterocycles. The Labute approximate surface area is 166 Å². The van der Waals surface area contributed by atoms with Crippen molar-refractivity contribution in [1.82, 2.24) is 20.0 Å². The van der Waals surface area contributed by atoms with Gasteiger partial charge < -0.3 is 10.2 Å². The summed E-state index contributed by atoms with van der Waals surface area (Å²) in [7, 11) is 0. The van der Waals surface area contributed by atoms with Crippen molar-refractivity contribution in [3.63, 3.8) is 0 Å². The number of nitrogens with zero attached hydrogens (tertiary/aromatic N) is 3. The summed E-state index contributed by atoms with van der Waals surface area (Å²) in [4.78, 5) is 26.7. The molecule has 0 atom stereocenters. The number of piperidine rings is 1. The molecule has 6 heteroatoms. The fourth-order valence-corrected chi connectivity index (χ4v) is 3.53. The number of benzene rings is 1. The normalized spacial score (nSPS) is 15.5. The van der Waals surface area contributed by atoms with E-state index in [0.29, 0.717) is 19.6 Å². The highest BCUT2D eigenvalue weighted by Crippen LogP contribution is 2.23. The second-order valence-corrected chi connectivity index (χ2v) is 8.47. The van der Waals surface area contributed by atoms with Gasteiger partial charge in [0, 0.05) is 43.4 Å². The van der Waals surface area contributed by atoms with Crippen LogP contribution in [0.4, 0.5) is 0 Å². The number of rotatable bonds is 5. The van der Waals surface area contributed by atoms with Crippen LogP contribution in [0.3, 0.4) is 0 Å². The Balaban J connectivity index is 1.41. The van der Waals surface area contributed by atoms with Crippen LogP contribution in [0.5, 0.6) is 0 Å². The van der Waals surface area contributed by atoms with E-state index < -0.39 is 0 Å². The van der Waals surface area contributed by atoms with Crippen LogP contribution >= 0.6 is 0 Å². The van der Waals surface area contributed by atoms with E-state index in [1.165, 1.54) is 5.56 Å². The van der Waals surface area contributed by atoms with Gasteiger partial charge >= 0.3 is 0 Å². The van der Waals surface area contributed by atoms with Crippen molar-refractivity contribution in [3.05, 3.63) is 48.3 Å². The van der Waals surface area contributed by atoms with Crippen LogP contribution in [0, 0.1) is 11.3 Å². The Morgan fingerprint density at radius 3 is 2.39 bits per heavy atom. The topological polar surface area (TPSA) is 67.2 Å². The van der Waals surface area contributed by atoms with Crippen molar-refractivity contribution >= 4 is 11.8 Å². The zero-order valence-electron chi connectivity index (χ0n) is 17.0. The lowest BCUT2D eigenvalue weighted by atomic mass is 9.90. The number of carbonyl (C=O) groups is 2. The van der Waals surface area contributed by atoms with Gasteiger partial charge in [-0.1, -0.05) is 32.9 Å². The van der Waals surface area contributed by atoms with Crippen molar-refractivity contribution < 1.29 is 9.59 Å². The van der Waals surface area contributed by atoms with E-state index in [-0.39, 0.29) is 23.1 Å². The smallest absolute Gasteiger partial charge is 0.227 e. The van der Waals surface area contributed by atoms with Crippen LogP contribution in [0.15, 0.2) is 42.7 Å². The maximum absolute atomic E-state index is 12.4. The molecule has 2 heterocycles. The minimum Gasteiger partial charge on any atom is -0.356 e. The van der Waals surface area contributed by atoms with Gasteiger partial charge in [0.05, 0.1) is 5.69 Å². The first-order chi connectivity index (χ1) is 13.3. The van der Waals surface area contributed by atoms with Crippen molar-refractivity contribution in [2.45, 2.75) is 40.0 Å². The zero-order valence-corrected chi connectivity index (χ0v) is 17.0. The second-order valence-electron chi connectivity index (χ2n) is 8.47. The van der Waals surface area contributed by atoms with Gasteiger partial charge in [0.1, 0.15) is 0 Å². The van der Waals surface area contributed by atoms with Gasteiger partial charge in [0.15, 0.2) is 0 Å². The first kappa shape index (κ1) is 20.1. The number of hydrogen-bond acceptors (Lipinski definition) is 3. The third-order valence-electron chi connectivity index (χ3n) is 5.21. The maximum atomic E-state index is 12.4. The third kappa shape index (κ3) is 5.00. The molecule has 2 amide bonds. The molecular weight excluding hydrogens is 352 g/mol. The minimum atomic E-state index is -0.359. The summed E-state index contributed by atoms with van der Waals surface area (Å²) in [5.74, 6) is 0.284. The molecule has 6 nitrogen and oxygen atoms in total. The van der Waals surface area contributed by atoms with Gasteiger partial charge in [0.2, 0.25) is 11.8 Å². The van der Waals surface area contributed by atoms with Crippen LogP contribution in [0.1, 0.15) is 39.2 Å². The monoisotopic (exact) mass is 382 g/mol. The highest BCUT2D eigenvalue weighted by atomic mass is 16.2. The summed E-state index contributed by atoms with van der Waals surface area (Å²) in [5, 5.41) is 7.28. The van der Waals surface area contributed by atoms with Crippen LogP contribution in [-0.2, 0) is 16.0 Å². The van der Waals surface area contributed by atoms with Gasteiger partial charge in [-0.05, 0) is 43.0 Å².